The molecule has 5 nitrogen and oxygen atoms in total. The highest BCUT2D eigenvalue weighted by Gasteiger charge is 2.33. The first-order valence-corrected chi connectivity index (χ1v) is 10.6. The van der Waals surface area contributed by atoms with Crippen LogP contribution >= 0.6 is 0 Å². The monoisotopic (exact) mass is 369 g/mol. The Labute approximate surface area is 161 Å². The van der Waals surface area contributed by atoms with Crippen molar-refractivity contribution in [3.8, 4) is 0 Å². The van der Waals surface area contributed by atoms with E-state index in [0.717, 1.165) is 32.4 Å². The van der Waals surface area contributed by atoms with Crippen molar-refractivity contribution < 1.29 is 9.59 Å². The molecule has 2 fully saturated rings. The van der Waals surface area contributed by atoms with Gasteiger partial charge in [-0.25, -0.2) is 0 Å². The Balaban J connectivity index is 1.30. The first-order valence-electron chi connectivity index (χ1n) is 10.6. The van der Waals surface area contributed by atoms with Crippen LogP contribution in [0.4, 0.5) is 0 Å². The lowest BCUT2D eigenvalue weighted by Gasteiger charge is -2.31. The van der Waals surface area contributed by atoms with Gasteiger partial charge in [-0.15, -0.1) is 0 Å². The fourth-order valence-corrected chi connectivity index (χ4v) is 4.76. The molecule has 2 saturated heterocycles. The summed E-state index contributed by atoms with van der Waals surface area (Å²) in [6.07, 6.45) is 7.77. The molecule has 2 heterocycles. The van der Waals surface area contributed by atoms with E-state index >= 15 is 0 Å². The highest BCUT2D eigenvalue weighted by atomic mass is 16.2. The molecule has 0 aromatic heterocycles. The van der Waals surface area contributed by atoms with Crippen LogP contribution in [0, 0.1) is 11.8 Å². The molecular weight excluding hydrogens is 338 g/mol. The maximum atomic E-state index is 12.7. The van der Waals surface area contributed by atoms with Gasteiger partial charge in [0.05, 0.1) is 11.8 Å². The number of hydrogen-bond donors (Lipinski definition) is 2. The van der Waals surface area contributed by atoms with Gasteiger partial charge in [0.2, 0.25) is 11.8 Å². The van der Waals surface area contributed by atoms with E-state index in [2.05, 4.69) is 28.8 Å². The molecule has 2 aliphatic heterocycles. The second-order valence-electron chi connectivity index (χ2n) is 8.35. The lowest BCUT2D eigenvalue weighted by molar-refractivity contribution is -0.136. The maximum absolute atomic E-state index is 12.7. The summed E-state index contributed by atoms with van der Waals surface area (Å²) in [5, 5.41) is 6.40. The van der Waals surface area contributed by atoms with Crippen LogP contribution in [-0.2, 0) is 29.0 Å². The third-order valence-electron chi connectivity index (χ3n) is 6.37. The molecule has 2 atom stereocenters. The van der Waals surface area contributed by atoms with E-state index in [-0.39, 0.29) is 23.7 Å². The summed E-state index contributed by atoms with van der Waals surface area (Å²) in [6, 6.07) is 6.62. The average Bonchev–Trinajstić information content (AvgIpc) is 3.26. The number of amides is 2. The lowest BCUT2D eigenvalue weighted by Crippen LogP contribution is -2.48. The topological polar surface area (TPSA) is 61.4 Å². The number of carbonyl (C=O) groups excluding carboxylic acids is 2. The predicted molar refractivity (Wildman–Crippen MR) is 105 cm³/mol. The second kappa shape index (κ2) is 8.42. The molecule has 27 heavy (non-hydrogen) atoms. The SMILES string of the molecule is O=C(NCc1ccc2c(c1)CCCC2)[C@@H]1CNC[C@@H](C(=O)N2CCCC2)C1. The summed E-state index contributed by atoms with van der Waals surface area (Å²) in [7, 11) is 0. The largest absolute Gasteiger partial charge is 0.352 e. The van der Waals surface area contributed by atoms with Crippen LogP contribution in [0.25, 0.3) is 0 Å². The summed E-state index contributed by atoms with van der Waals surface area (Å²) in [5.74, 6) is 0.121. The Morgan fingerprint density at radius 3 is 2.56 bits per heavy atom. The van der Waals surface area contributed by atoms with Crippen LogP contribution in [0.15, 0.2) is 18.2 Å². The van der Waals surface area contributed by atoms with Crippen LogP contribution in [0.3, 0.4) is 0 Å². The summed E-state index contributed by atoms with van der Waals surface area (Å²) in [6.45, 7) is 3.70. The Hall–Kier alpha value is -1.88. The summed E-state index contributed by atoms with van der Waals surface area (Å²) in [4.78, 5) is 27.3. The number of aryl methyl sites for hydroxylation is 2. The first-order chi connectivity index (χ1) is 13.2. The van der Waals surface area contributed by atoms with E-state index in [0.29, 0.717) is 26.1 Å². The number of benzene rings is 1. The standard InChI is InChI=1S/C22H31N3O2/c26-21(24-13-16-7-8-17-5-1-2-6-18(17)11-16)19-12-20(15-23-14-19)22(27)25-9-3-4-10-25/h7-8,11,19-20,23H,1-6,9-10,12-15H2,(H,24,26)/t19-,20-/m0/s1. The van der Waals surface area contributed by atoms with Gasteiger partial charge in [-0.3, -0.25) is 9.59 Å². The molecule has 1 aliphatic carbocycles. The Morgan fingerprint density at radius 2 is 1.74 bits per heavy atom. The van der Waals surface area contributed by atoms with E-state index in [1.165, 1.54) is 36.0 Å². The third kappa shape index (κ3) is 4.34. The van der Waals surface area contributed by atoms with E-state index in [1.807, 2.05) is 4.90 Å². The first kappa shape index (κ1) is 18.5. The van der Waals surface area contributed by atoms with Gasteiger partial charge in [-0.2, -0.15) is 0 Å². The number of piperidine rings is 1. The molecule has 0 saturated carbocycles. The number of hydrogen-bond acceptors (Lipinski definition) is 3. The van der Waals surface area contributed by atoms with Gasteiger partial charge in [0.15, 0.2) is 0 Å². The van der Waals surface area contributed by atoms with Crippen LogP contribution in [0.2, 0.25) is 0 Å². The zero-order chi connectivity index (χ0) is 18.6. The van der Waals surface area contributed by atoms with Crippen molar-refractivity contribution in [1.82, 2.24) is 15.5 Å². The zero-order valence-electron chi connectivity index (χ0n) is 16.1. The number of fused-ring (bicyclic) bond motifs is 1. The number of nitrogens with zero attached hydrogens (tertiary/aromatic N) is 1. The summed E-state index contributed by atoms with van der Waals surface area (Å²) < 4.78 is 0. The van der Waals surface area contributed by atoms with Crippen molar-refractivity contribution in [3.05, 3.63) is 34.9 Å². The maximum Gasteiger partial charge on any atom is 0.226 e. The molecule has 0 bridgehead atoms. The minimum atomic E-state index is -0.118. The van der Waals surface area contributed by atoms with Gasteiger partial charge >= 0.3 is 0 Å². The number of rotatable bonds is 4. The molecule has 5 heteroatoms. The van der Waals surface area contributed by atoms with Gasteiger partial charge in [0.1, 0.15) is 0 Å². The van der Waals surface area contributed by atoms with Crippen LogP contribution < -0.4 is 10.6 Å². The summed E-state index contributed by atoms with van der Waals surface area (Å²) >= 11 is 0. The molecule has 146 valence electrons. The zero-order valence-corrected chi connectivity index (χ0v) is 16.1. The third-order valence-corrected chi connectivity index (χ3v) is 6.37. The van der Waals surface area contributed by atoms with E-state index in [4.69, 9.17) is 0 Å². The van der Waals surface area contributed by atoms with E-state index < -0.39 is 0 Å². The molecular formula is C22H31N3O2. The highest BCUT2D eigenvalue weighted by molar-refractivity contribution is 5.83. The van der Waals surface area contributed by atoms with Gasteiger partial charge < -0.3 is 15.5 Å². The molecule has 0 radical (unpaired) electrons. The fourth-order valence-electron chi connectivity index (χ4n) is 4.76. The minimum absolute atomic E-state index is 0.0589. The number of nitrogens with one attached hydrogen (secondary N) is 2. The van der Waals surface area contributed by atoms with Gasteiger partial charge in [0, 0.05) is 32.7 Å². The highest BCUT2D eigenvalue weighted by Crippen LogP contribution is 2.23. The minimum Gasteiger partial charge on any atom is -0.352 e. The average molecular weight is 370 g/mol. The molecule has 1 aromatic carbocycles. The second-order valence-corrected chi connectivity index (χ2v) is 8.35. The Bertz CT molecular complexity index is 697. The molecule has 3 aliphatic rings. The Kier molecular flexibility index (Phi) is 5.77. The quantitative estimate of drug-likeness (QED) is 0.854. The van der Waals surface area contributed by atoms with Crippen LogP contribution in [-0.4, -0.2) is 42.9 Å². The van der Waals surface area contributed by atoms with Crippen LogP contribution in [0.5, 0.6) is 0 Å². The Morgan fingerprint density at radius 1 is 1.00 bits per heavy atom. The number of carbonyl (C=O) groups is 2. The molecule has 2 N–H and O–H groups in total. The van der Waals surface area contributed by atoms with Gasteiger partial charge in [-0.05, 0) is 61.6 Å². The van der Waals surface area contributed by atoms with Crippen molar-refractivity contribution in [2.45, 2.75) is 51.5 Å². The van der Waals surface area contributed by atoms with Crippen LogP contribution in [0.1, 0.15) is 48.8 Å². The van der Waals surface area contributed by atoms with Crippen molar-refractivity contribution in [2.24, 2.45) is 11.8 Å². The summed E-state index contributed by atoms with van der Waals surface area (Å²) in [5.41, 5.74) is 4.09. The molecule has 1 aromatic rings. The predicted octanol–water partition coefficient (Wildman–Crippen LogP) is 2.03. The van der Waals surface area contributed by atoms with Gasteiger partial charge in [-0.1, -0.05) is 18.2 Å². The fraction of sp³-hybridized carbons (Fsp3) is 0.636. The normalized spacial score (nSPS) is 25.1. The molecule has 2 amide bonds. The van der Waals surface area contributed by atoms with E-state index in [9.17, 15) is 9.59 Å². The van der Waals surface area contributed by atoms with Crippen molar-refractivity contribution in [3.63, 3.8) is 0 Å². The van der Waals surface area contributed by atoms with Gasteiger partial charge in [0.25, 0.3) is 0 Å². The molecule has 0 unspecified atom stereocenters. The van der Waals surface area contributed by atoms with Crippen molar-refractivity contribution >= 4 is 11.8 Å². The molecule has 4 rings (SSSR count). The molecule has 0 spiro atoms. The van der Waals surface area contributed by atoms with Crippen molar-refractivity contribution in [2.75, 3.05) is 26.2 Å². The lowest BCUT2D eigenvalue weighted by atomic mass is 9.88. The smallest absolute Gasteiger partial charge is 0.226 e. The van der Waals surface area contributed by atoms with Crippen molar-refractivity contribution in [1.29, 1.82) is 0 Å². The van der Waals surface area contributed by atoms with E-state index in [1.54, 1.807) is 0 Å². The number of likely N-dealkylation sites (tertiary alicyclic amines) is 1.